The minimum Gasteiger partial charge on any atom is -0.494 e. The maximum absolute atomic E-state index is 6.09. The van der Waals surface area contributed by atoms with E-state index in [-0.39, 0.29) is 6.10 Å². The first-order chi connectivity index (χ1) is 10.3. The minimum absolute atomic E-state index is 0.0421. The molecule has 3 heteroatoms. The third-order valence-corrected chi connectivity index (χ3v) is 3.61. The van der Waals surface area contributed by atoms with Crippen molar-refractivity contribution in [2.24, 2.45) is 0 Å². The van der Waals surface area contributed by atoms with Crippen LogP contribution in [0, 0.1) is 6.92 Å². The standard InChI is InChI=1S/C18H21NO2/c1-3-10-20-15-7-5-14(6-8-15)18-12-19-16-11-13(2)4-9-17(16)21-18/h4-9,11,18-19H,3,10,12H2,1-2H3. The van der Waals surface area contributed by atoms with Gasteiger partial charge in [-0.1, -0.05) is 25.1 Å². The Labute approximate surface area is 125 Å². The van der Waals surface area contributed by atoms with Crippen LogP contribution in [0.1, 0.15) is 30.6 Å². The molecule has 3 nitrogen and oxygen atoms in total. The van der Waals surface area contributed by atoms with E-state index in [1.165, 1.54) is 5.56 Å². The number of aryl methyl sites for hydroxylation is 1. The Balaban J connectivity index is 1.72. The van der Waals surface area contributed by atoms with Crippen molar-refractivity contribution in [3.8, 4) is 11.5 Å². The lowest BCUT2D eigenvalue weighted by Gasteiger charge is -2.28. The van der Waals surface area contributed by atoms with Gasteiger partial charge in [0.25, 0.3) is 0 Å². The number of hydrogen-bond donors (Lipinski definition) is 1. The number of nitrogens with one attached hydrogen (secondary N) is 1. The van der Waals surface area contributed by atoms with E-state index in [0.717, 1.165) is 42.3 Å². The number of ether oxygens (including phenoxy) is 2. The summed E-state index contributed by atoms with van der Waals surface area (Å²) in [5.74, 6) is 1.84. The highest BCUT2D eigenvalue weighted by Crippen LogP contribution is 2.35. The fourth-order valence-electron chi connectivity index (χ4n) is 2.47. The Kier molecular flexibility index (Phi) is 4.00. The van der Waals surface area contributed by atoms with E-state index >= 15 is 0 Å². The summed E-state index contributed by atoms with van der Waals surface area (Å²) in [6, 6.07) is 14.4. The van der Waals surface area contributed by atoms with Gasteiger partial charge in [0.05, 0.1) is 18.8 Å². The van der Waals surface area contributed by atoms with Gasteiger partial charge in [-0.25, -0.2) is 0 Å². The quantitative estimate of drug-likeness (QED) is 0.906. The van der Waals surface area contributed by atoms with Crippen LogP contribution in [0.15, 0.2) is 42.5 Å². The second-order valence-corrected chi connectivity index (χ2v) is 5.40. The van der Waals surface area contributed by atoms with Crippen LogP contribution in [0.4, 0.5) is 5.69 Å². The zero-order chi connectivity index (χ0) is 14.7. The summed E-state index contributed by atoms with van der Waals surface area (Å²) >= 11 is 0. The molecule has 3 rings (SSSR count). The molecule has 0 spiro atoms. The molecule has 2 aromatic carbocycles. The molecule has 2 aromatic rings. The molecule has 1 N–H and O–H groups in total. The van der Waals surface area contributed by atoms with Gasteiger partial charge in [-0.15, -0.1) is 0 Å². The third-order valence-electron chi connectivity index (χ3n) is 3.61. The van der Waals surface area contributed by atoms with E-state index in [1.54, 1.807) is 0 Å². The first kappa shape index (κ1) is 13.8. The zero-order valence-corrected chi connectivity index (χ0v) is 12.6. The van der Waals surface area contributed by atoms with Crippen molar-refractivity contribution in [2.75, 3.05) is 18.5 Å². The largest absolute Gasteiger partial charge is 0.494 e. The Morgan fingerprint density at radius 1 is 1.19 bits per heavy atom. The van der Waals surface area contributed by atoms with Gasteiger partial charge in [-0.05, 0) is 48.7 Å². The first-order valence-electron chi connectivity index (χ1n) is 7.50. The van der Waals surface area contributed by atoms with Crippen molar-refractivity contribution < 1.29 is 9.47 Å². The topological polar surface area (TPSA) is 30.5 Å². The molecule has 1 aliphatic heterocycles. The summed E-state index contributed by atoms with van der Waals surface area (Å²) in [6.45, 7) is 5.73. The summed E-state index contributed by atoms with van der Waals surface area (Å²) in [5, 5.41) is 3.44. The fraction of sp³-hybridized carbons (Fsp3) is 0.333. The molecule has 0 amide bonds. The van der Waals surface area contributed by atoms with Gasteiger partial charge in [0.1, 0.15) is 17.6 Å². The lowest BCUT2D eigenvalue weighted by molar-refractivity contribution is 0.210. The second-order valence-electron chi connectivity index (χ2n) is 5.40. The molecule has 0 bridgehead atoms. The monoisotopic (exact) mass is 283 g/mol. The van der Waals surface area contributed by atoms with E-state index in [2.05, 4.69) is 43.4 Å². The molecular formula is C18H21NO2. The number of benzene rings is 2. The molecule has 1 aliphatic rings. The average Bonchev–Trinajstić information content (AvgIpc) is 2.53. The Morgan fingerprint density at radius 3 is 2.76 bits per heavy atom. The molecular weight excluding hydrogens is 262 g/mol. The SMILES string of the molecule is CCCOc1ccc(C2CNc3cc(C)ccc3O2)cc1. The van der Waals surface area contributed by atoms with E-state index in [9.17, 15) is 0 Å². The van der Waals surface area contributed by atoms with Gasteiger partial charge in [0.15, 0.2) is 0 Å². The molecule has 1 atom stereocenters. The predicted molar refractivity (Wildman–Crippen MR) is 85.3 cm³/mol. The summed E-state index contributed by atoms with van der Waals surface area (Å²) in [7, 11) is 0. The molecule has 21 heavy (non-hydrogen) atoms. The van der Waals surface area contributed by atoms with Crippen LogP contribution >= 0.6 is 0 Å². The summed E-state index contributed by atoms with van der Waals surface area (Å²) < 4.78 is 11.7. The minimum atomic E-state index is 0.0421. The Morgan fingerprint density at radius 2 is 2.00 bits per heavy atom. The van der Waals surface area contributed by atoms with Crippen molar-refractivity contribution in [2.45, 2.75) is 26.4 Å². The molecule has 0 aromatic heterocycles. The van der Waals surface area contributed by atoms with Crippen LogP contribution < -0.4 is 14.8 Å². The summed E-state index contributed by atoms with van der Waals surface area (Å²) in [6.07, 6.45) is 1.06. The summed E-state index contributed by atoms with van der Waals surface area (Å²) in [5.41, 5.74) is 3.48. The average molecular weight is 283 g/mol. The van der Waals surface area contributed by atoms with E-state index in [4.69, 9.17) is 9.47 Å². The second kappa shape index (κ2) is 6.08. The van der Waals surface area contributed by atoms with Crippen molar-refractivity contribution in [3.05, 3.63) is 53.6 Å². The van der Waals surface area contributed by atoms with Crippen LogP contribution in [0.5, 0.6) is 11.5 Å². The third kappa shape index (κ3) is 3.13. The van der Waals surface area contributed by atoms with Gasteiger partial charge in [0.2, 0.25) is 0 Å². The maximum Gasteiger partial charge on any atom is 0.143 e. The van der Waals surface area contributed by atoms with E-state index in [0.29, 0.717) is 0 Å². The highest BCUT2D eigenvalue weighted by molar-refractivity contribution is 5.59. The van der Waals surface area contributed by atoms with Gasteiger partial charge >= 0.3 is 0 Å². The molecule has 1 heterocycles. The molecule has 0 saturated carbocycles. The maximum atomic E-state index is 6.09. The Bertz CT molecular complexity index is 607. The molecule has 0 radical (unpaired) electrons. The van der Waals surface area contributed by atoms with Crippen molar-refractivity contribution in [3.63, 3.8) is 0 Å². The zero-order valence-electron chi connectivity index (χ0n) is 12.6. The van der Waals surface area contributed by atoms with Crippen LogP contribution in [0.25, 0.3) is 0 Å². The molecule has 1 unspecified atom stereocenters. The molecule has 0 saturated heterocycles. The van der Waals surface area contributed by atoms with E-state index < -0.39 is 0 Å². The number of rotatable bonds is 4. The van der Waals surface area contributed by atoms with Gasteiger partial charge in [0, 0.05) is 0 Å². The molecule has 110 valence electrons. The van der Waals surface area contributed by atoms with E-state index in [1.807, 2.05) is 18.2 Å². The predicted octanol–water partition coefficient (Wildman–Crippen LogP) is 4.33. The normalized spacial score (nSPS) is 16.6. The number of fused-ring (bicyclic) bond motifs is 1. The van der Waals surface area contributed by atoms with Gasteiger partial charge in [-0.2, -0.15) is 0 Å². The van der Waals surface area contributed by atoms with Crippen LogP contribution in [-0.2, 0) is 0 Å². The lowest BCUT2D eigenvalue weighted by Crippen LogP contribution is -2.23. The van der Waals surface area contributed by atoms with Crippen LogP contribution in [0.3, 0.4) is 0 Å². The lowest BCUT2D eigenvalue weighted by atomic mass is 10.1. The summed E-state index contributed by atoms with van der Waals surface area (Å²) in [4.78, 5) is 0. The van der Waals surface area contributed by atoms with Crippen molar-refractivity contribution >= 4 is 5.69 Å². The van der Waals surface area contributed by atoms with Gasteiger partial charge in [-0.3, -0.25) is 0 Å². The number of hydrogen-bond acceptors (Lipinski definition) is 3. The molecule has 0 fully saturated rings. The fourth-order valence-corrected chi connectivity index (χ4v) is 2.47. The number of anilines is 1. The van der Waals surface area contributed by atoms with Gasteiger partial charge < -0.3 is 14.8 Å². The smallest absolute Gasteiger partial charge is 0.143 e. The molecule has 0 aliphatic carbocycles. The van der Waals surface area contributed by atoms with Crippen LogP contribution in [-0.4, -0.2) is 13.2 Å². The highest BCUT2D eigenvalue weighted by atomic mass is 16.5. The van der Waals surface area contributed by atoms with Crippen molar-refractivity contribution in [1.29, 1.82) is 0 Å². The van der Waals surface area contributed by atoms with Crippen molar-refractivity contribution in [1.82, 2.24) is 0 Å². The first-order valence-corrected chi connectivity index (χ1v) is 7.50. The Hall–Kier alpha value is -2.16. The highest BCUT2D eigenvalue weighted by Gasteiger charge is 2.20. The van der Waals surface area contributed by atoms with Crippen LogP contribution in [0.2, 0.25) is 0 Å².